The van der Waals surface area contributed by atoms with Crippen molar-refractivity contribution in [3.05, 3.63) is 29.3 Å². The summed E-state index contributed by atoms with van der Waals surface area (Å²) in [5, 5.41) is 4.18. The number of oxime groups is 1. The van der Waals surface area contributed by atoms with Gasteiger partial charge in [-0.1, -0.05) is 30.1 Å². The predicted molar refractivity (Wildman–Crippen MR) is 106 cm³/mol. The Balaban J connectivity index is 1.70. The van der Waals surface area contributed by atoms with Crippen LogP contribution in [-0.4, -0.2) is 61.7 Å². The van der Waals surface area contributed by atoms with Gasteiger partial charge in [0.1, 0.15) is 5.84 Å². The molecule has 1 unspecified atom stereocenters. The summed E-state index contributed by atoms with van der Waals surface area (Å²) in [5.74, 6) is 0.570. The summed E-state index contributed by atoms with van der Waals surface area (Å²) < 4.78 is 0. The van der Waals surface area contributed by atoms with Gasteiger partial charge in [0.25, 0.3) is 5.91 Å². The number of aliphatic imine (C=N–C) groups is 1. The van der Waals surface area contributed by atoms with Crippen LogP contribution in [-0.2, 0) is 9.63 Å². The van der Waals surface area contributed by atoms with Crippen LogP contribution >= 0.6 is 0 Å². The molecule has 0 aromatic heterocycles. The molecule has 3 heterocycles. The Morgan fingerprint density at radius 3 is 2.59 bits per heavy atom. The number of anilines is 1. The molecule has 3 aliphatic heterocycles. The second-order valence-electron chi connectivity index (χ2n) is 7.50. The summed E-state index contributed by atoms with van der Waals surface area (Å²) >= 11 is 0. The first kappa shape index (κ1) is 17.8. The van der Waals surface area contributed by atoms with Gasteiger partial charge in [-0.2, -0.15) is 0 Å². The fourth-order valence-electron chi connectivity index (χ4n) is 4.02. The highest BCUT2D eigenvalue weighted by molar-refractivity contribution is 6.09. The molecule has 0 aliphatic carbocycles. The maximum absolute atomic E-state index is 11.5. The second kappa shape index (κ2) is 7.58. The van der Waals surface area contributed by atoms with Crippen LogP contribution in [0.1, 0.15) is 43.2 Å². The van der Waals surface area contributed by atoms with Crippen LogP contribution in [0.15, 0.2) is 28.3 Å². The van der Waals surface area contributed by atoms with Gasteiger partial charge in [-0.3, -0.25) is 9.79 Å². The van der Waals surface area contributed by atoms with E-state index in [0.717, 1.165) is 54.5 Å². The molecule has 1 saturated heterocycles. The summed E-state index contributed by atoms with van der Waals surface area (Å²) in [6.45, 7) is 3.86. The molecule has 0 saturated carbocycles. The largest absolute Gasteiger partial charge is 0.382 e. The van der Waals surface area contributed by atoms with E-state index in [1.54, 1.807) is 0 Å². The molecule has 0 spiro atoms. The lowest BCUT2D eigenvalue weighted by molar-refractivity contribution is -0.127. The Hall–Kier alpha value is -2.57. The highest BCUT2D eigenvalue weighted by Crippen LogP contribution is 2.30. The monoisotopic (exact) mass is 369 g/mol. The second-order valence-corrected chi connectivity index (χ2v) is 7.50. The number of carbonyl (C=O) groups excluding carboxylic acids is 1. The van der Waals surface area contributed by atoms with Crippen LogP contribution in [0.3, 0.4) is 0 Å². The van der Waals surface area contributed by atoms with Gasteiger partial charge in [0.2, 0.25) is 6.10 Å². The lowest BCUT2D eigenvalue weighted by Crippen LogP contribution is -2.30. The molecular formula is C20H27N5O2. The summed E-state index contributed by atoms with van der Waals surface area (Å²) in [6, 6.07) is 6.41. The number of rotatable bonds is 4. The van der Waals surface area contributed by atoms with E-state index in [2.05, 4.69) is 45.2 Å². The zero-order valence-corrected chi connectivity index (χ0v) is 15.9. The number of likely N-dealkylation sites (N-methyl/N-ethyl adjacent to an activating group) is 1. The van der Waals surface area contributed by atoms with Gasteiger partial charge in [-0.05, 0) is 18.9 Å². The van der Waals surface area contributed by atoms with Crippen molar-refractivity contribution in [3.8, 4) is 0 Å². The molecule has 1 aromatic carbocycles. The Kier molecular flexibility index (Phi) is 5.01. The van der Waals surface area contributed by atoms with Crippen molar-refractivity contribution in [1.82, 2.24) is 4.90 Å². The number of hydrogen-bond acceptors (Lipinski definition) is 6. The number of nitrogens with zero attached hydrogens (tertiary/aromatic N) is 4. The van der Waals surface area contributed by atoms with Crippen molar-refractivity contribution in [2.45, 2.75) is 38.2 Å². The number of hydrogen-bond donors (Lipinski definition) is 1. The molecule has 0 bridgehead atoms. The van der Waals surface area contributed by atoms with Gasteiger partial charge in [-0.25, -0.2) is 0 Å². The summed E-state index contributed by atoms with van der Waals surface area (Å²) in [5.41, 5.74) is 9.51. The maximum Gasteiger partial charge on any atom is 0.261 e. The van der Waals surface area contributed by atoms with Crippen molar-refractivity contribution in [3.63, 3.8) is 0 Å². The minimum absolute atomic E-state index is 0.427. The van der Waals surface area contributed by atoms with Gasteiger partial charge in [0.05, 0.1) is 12.3 Å². The number of carbonyl (C=O) groups is 1. The van der Waals surface area contributed by atoms with E-state index >= 15 is 0 Å². The molecule has 4 rings (SSSR count). The van der Waals surface area contributed by atoms with Gasteiger partial charge in [0.15, 0.2) is 0 Å². The highest BCUT2D eigenvalue weighted by Gasteiger charge is 2.29. The van der Waals surface area contributed by atoms with Crippen LogP contribution in [0.4, 0.5) is 5.69 Å². The van der Waals surface area contributed by atoms with E-state index in [-0.39, 0.29) is 0 Å². The molecular weight excluding hydrogens is 342 g/mol. The van der Waals surface area contributed by atoms with Gasteiger partial charge >= 0.3 is 0 Å². The van der Waals surface area contributed by atoms with E-state index in [1.807, 2.05) is 0 Å². The Bertz CT molecular complexity index is 781. The average molecular weight is 369 g/mol. The van der Waals surface area contributed by atoms with Crippen molar-refractivity contribution in [1.29, 1.82) is 0 Å². The first-order valence-corrected chi connectivity index (χ1v) is 9.81. The number of benzene rings is 1. The molecule has 144 valence electrons. The standard InChI is InChI=1S/C20H27N5O2/c1-24-11-8-22-20(24)14-6-7-15(16-13-18(19(21)26)27-23-16)17(12-14)25-9-4-2-3-5-10-25/h6-7,12,18H,2-5,8-11,13H2,1H3,(H2,21,26). The zero-order chi connectivity index (χ0) is 18.8. The molecule has 1 amide bonds. The molecule has 7 heteroatoms. The van der Waals surface area contributed by atoms with Gasteiger partial charge in [-0.15, -0.1) is 0 Å². The minimum Gasteiger partial charge on any atom is -0.382 e. The number of amidine groups is 1. The quantitative estimate of drug-likeness (QED) is 0.876. The fourth-order valence-corrected chi connectivity index (χ4v) is 4.02. The minimum atomic E-state index is -0.665. The highest BCUT2D eigenvalue weighted by atomic mass is 16.6. The Morgan fingerprint density at radius 2 is 1.96 bits per heavy atom. The summed E-state index contributed by atoms with van der Waals surface area (Å²) in [7, 11) is 2.08. The average Bonchev–Trinajstić information content (AvgIpc) is 3.24. The number of primary amides is 1. The summed E-state index contributed by atoms with van der Waals surface area (Å²) in [4.78, 5) is 26.0. The van der Waals surface area contributed by atoms with E-state index in [4.69, 9.17) is 10.6 Å². The molecule has 27 heavy (non-hydrogen) atoms. The molecule has 0 radical (unpaired) electrons. The molecule has 1 atom stereocenters. The van der Waals surface area contributed by atoms with Crippen molar-refractivity contribution in [2.24, 2.45) is 15.9 Å². The maximum atomic E-state index is 11.5. The van der Waals surface area contributed by atoms with Crippen LogP contribution in [0.25, 0.3) is 0 Å². The third kappa shape index (κ3) is 3.63. The fraction of sp³-hybridized carbons (Fsp3) is 0.550. The molecule has 3 aliphatic rings. The predicted octanol–water partition coefficient (Wildman–Crippen LogP) is 1.74. The molecule has 7 nitrogen and oxygen atoms in total. The molecule has 1 aromatic rings. The summed E-state index contributed by atoms with van der Waals surface area (Å²) in [6.07, 6.45) is 4.69. The zero-order valence-electron chi connectivity index (χ0n) is 15.9. The van der Waals surface area contributed by atoms with Crippen LogP contribution in [0.2, 0.25) is 0 Å². The Labute approximate surface area is 159 Å². The number of nitrogens with two attached hydrogens (primary N) is 1. The number of amides is 1. The van der Waals surface area contributed by atoms with Crippen LogP contribution in [0, 0.1) is 0 Å². The van der Waals surface area contributed by atoms with E-state index in [1.165, 1.54) is 25.7 Å². The first-order chi connectivity index (χ1) is 13.1. The third-order valence-corrected chi connectivity index (χ3v) is 5.56. The topological polar surface area (TPSA) is 83.5 Å². The Morgan fingerprint density at radius 1 is 1.19 bits per heavy atom. The van der Waals surface area contributed by atoms with Crippen LogP contribution < -0.4 is 10.6 Å². The van der Waals surface area contributed by atoms with E-state index < -0.39 is 12.0 Å². The normalized spacial score (nSPS) is 22.9. The SMILES string of the molecule is CN1CCN=C1c1ccc(C2=NOC(C(N)=O)C2)c(N2CCCCCC2)c1. The molecule has 1 fully saturated rings. The third-order valence-electron chi connectivity index (χ3n) is 5.56. The van der Waals surface area contributed by atoms with Crippen molar-refractivity contribution < 1.29 is 9.63 Å². The van der Waals surface area contributed by atoms with Gasteiger partial charge in [0, 0.05) is 49.9 Å². The van der Waals surface area contributed by atoms with E-state index in [9.17, 15) is 4.79 Å². The smallest absolute Gasteiger partial charge is 0.261 e. The van der Waals surface area contributed by atoms with Crippen molar-refractivity contribution in [2.75, 3.05) is 38.1 Å². The van der Waals surface area contributed by atoms with Crippen molar-refractivity contribution >= 4 is 23.1 Å². The lowest BCUT2D eigenvalue weighted by atomic mass is 9.99. The molecule has 2 N–H and O–H groups in total. The van der Waals surface area contributed by atoms with Gasteiger partial charge < -0.3 is 20.4 Å². The lowest BCUT2D eigenvalue weighted by Gasteiger charge is -2.26. The van der Waals surface area contributed by atoms with E-state index in [0.29, 0.717) is 6.42 Å². The van der Waals surface area contributed by atoms with Crippen LogP contribution in [0.5, 0.6) is 0 Å². The first-order valence-electron chi connectivity index (χ1n) is 9.81.